The topological polar surface area (TPSA) is 57.8 Å². The van der Waals surface area contributed by atoms with Gasteiger partial charge in [-0.15, -0.1) is 11.8 Å². The fourth-order valence-corrected chi connectivity index (χ4v) is 3.17. The Bertz CT molecular complexity index is 835. The predicted molar refractivity (Wildman–Crippen MR) is 95.1 cm³/mol. The van der Waals surface area contributed by atoms with Crippen molar-refractivity contribution >= 4 is 28.7 Å². The molecule has 0 unspecified atom stereocenters. The van der Waals surface area contributed by atoms with Gasteiger partial charge in [-0.25, -0.2) is 9.37 Å². The van der Waals surface area contributed by atoms with Crippen molar-refractivity contribution in [3.8, 4) is 0 Å². The van der Waals surface area contributed by atoms with Crippen LogP contribution < -0.4 is 5.32 Å². The predicted octanol–water partition coefficient (Wildman–Crippen LogP) is 3.64. The first kappa shape index (κ1) is 16.5. The van der Waals surface area contributed by atoms with Gasteiger partial charge in [0.25, 0.3) is 0 Å². The van der Waals surface area contributed by atoms with Crippen LogP contribution >= 0.6 is 11.8 Å². The molecule has 3 rings (SSSR count). The van der Waals surface area contributed by atoms with E-state index in [9.17, 15) is 9.18 Å². The van der Waals surface area contributed by atoms with Crippen LogP contribution in [0.5, 0.6) is 0 Å². The molecule has 0 aliphatic carbocycles. The molecule has 2 N–H and O–H groups in total. The lowest BCUT2D eigenvalue weighted by Crippen LogP contribution is -2.30. The van der Waals surface area contributed by atoms with Gasteiger partial charge < -0.3 is 10.3 Å². The van der Waals surface area contributed by atoms with Crippen LogP contribution in [0.2, 0.25) is 0 Å². The summed E-state index contributed by atoms with van der Waals surface area (Å²) in [5, 5.41) is 2.70. The third-order valence-electron chi connectivity index (χ3n) is 3.64. The Morgan fingerprint density at radius 3 is 2.88 bits per heavy atom. The molecule has 2 aromatic carbocycles. The molecule has 0 aliphatic rings. The SMILES string of the molecule is C[C@@H](SCc1ccccc1)C(=O)NCc1nc2ccc(F)cc2[nH]1. The summed E-state index contributed by atoms with van der Waals surface area (Å²) in [7, 11) is 0. The quantitative estimate of drug-likeness (QED) is 0.718. The molecule has 0 fully saturated rings. The smallest absolute Gasteiger partial charge is 0.233 e. The third kappa shape index (κ3) is 4.14. The standard InChI is InChI=1S/C18H18FN3OS/c1-12(24-11-13-5-3-2-4-6-13)18(23)20-10-17-21-15-8-7-14(19)9-16(15)22-17/h2-9,12H,10-11H2,1H3,(H,20,23)(H,21,22)/t12-/m1/s1. The van der Waals surface area contributed by atoms with Crippen molar-refractivity contribution in [2.45, 2.75) is 24.5 Å². The molecule has 0 saturated carbocycles. The molecule has 0 spiro atoms. The number of benzene rings is 2. The summed E-state index contributed by atoms with van der Waals surface area (Å²) >= 11 is 1.59. The second-order valence-corrected chi connectivity index (χ2v) is 6.83. The Balaban J connectivity index is 1.52. The number of aromatic amines is 1. The van der Waals surface area contributed by atoms with Gasteiger partial charge in [-0.1, -0.05) is 30.3 Å². The number of amides is 1. The van der Waals surface area contributed by atoms with Crippen molar-refractivity contribution in [2.75, 3.05) is 0 Å². The van der Waals surface area contributed by atoms with Gasteiger partial charge in [-0.05, 0) is 30.7 Å². The lowest BCUT2D eigenvalue weighted by molar-refractivity contribution is -0.120. The summed E-state index contributed by atoms with van der Waals surface area (Å²) in [6.07, 6.45) is 0. The Morgan fingerprint density at radius 1 is 1.29 bits per heavy atom. The van der Waals surface area contributed by atoms with Crippen molar-refractivity contribution in [2.24, 2.45) is 0 Å². The summed E-state index contributed by atoms with van der Waals surface area (Å²) in [6, 6.07) is 14.4. The lowest BCUT2D eigenvalue weighted by Gasteiger charge is -2.11. The highest BCUT2D eigenvalue weighted by atomic mass is 32.2. The largest absolute Gasteiger partial charge is 0.348 e. The molecular weight excluding hydrogens is 325 g/mol. The number of rotatable bonds is 6. The van der Waals surface area contributed by atoms with Gasteiger partial charge in [0.15, 0.2) is 0 Å². The van der Waals surface area contributed by atoms with Crippen LogP contribution in [-0.2, 0) is 17.1 Å². The minimum atomic E-state index is -0.312. The van der Waals surface area contributed by atoms with Crippen LogP contribution in [0, 0.1) is 5.82 Å². The molecule has 1 atom stereocenters. The third-order valence-corrected chi connectivity index (χ3v) is 4.85. The normalized spacial score (nSPS) is 12.2. The molecule has 0 saturated heterocycles. The van der Waals surface area contributed by atoms with E-state index in [0.29, 0.717) is 23.4 Å². The zero-order valence-corrected chi connectivity index (χ0v) is 14.1. The Kier molecular flexibility index (Phi) is 5.15. The first-order valence-corrected chi connectivity index (χ1v) is 8.74. The highest BCUT2D eigenvalue weighted by molar-refractivity contribution is 7.99. The van der Waals surface area contributed by atoms with Crippen molar-refractivity contribution in [1.29, 1.82) is 0 Å². The van der Waals surface area contributed by atoms with Gasteiger partial charge in [0.05, 0.1) is 22.8 Å². The van der Waals surface area contributed by atoms with E-state index in [2.05, 4.69) is 15.3 Å². The first-order valence-electron chi connectivity index (χ1n) is 7.69. The number of fused-ring (bicyclic) bond motifs is 1. The zero-order chi connectivity index (χ0) is 16.9. The maximum atomic E-state index is 13.2. The van der Waals surface area contributed by atoms with Crippen molar-refractivity contribution in [3.05, 3.63) is 65.7 Å². The van der Waals surface area contributed by atoms with Crippen LogP contribution in [0.25, 0.3) is 11.0 Å². The number of nitrogens with one attached hydrogen (secondary N) is 2. The number of nitrogens with zero attached hydrogens (tertiary/aromatic N) is 1. The number of aromatic nitrogens is 2. The number of carbonyl (C=O) groups excluding carboxylic acids is 1. The molecule has 0 bridgehead atoms. The Hall–Kier alpha value is -2.34. The van der Waals surface area contributed by atoms with E-state index in [1.165, 1.54) is 17.7 Å². The van der Waals surface area contributed by atoms with Crippen LogP contribution in [0.1, 0.15) is 18.3 Å². The number of thioether (sulfide) groups is 1. The van der Waals surface area contributed by atoms with Gasteiger partial charge in [0.1, 0.15) is 11.6 Å². The minimum absolute atomic E-state index is 0.0393. The van der Waals surface area contributed by atoms with Crippen LogP contribution in [0.3, 0.4) is 0 Å². The molecule has 1 heterocycles. The van der Waals surface area contributed by atoms with E-state index in [-0.39, 0.29) is 17.0 Å². The van der Waals surface area contributed by atoms with E-state index in [4.69, 9.17) is 0 Å². The molecule has 1 amide bonds. The van der Waals surface area contributed by atoms with Gasteiger partial charge >= 0.3 is 0 Å². The number of imidazole rings is 1. The molecule has 124 valence electrons. The first-order chi connectivity index (χ1) is 11.6. The summed E-state index contributed by atoms with van der Waals surface area (Å²) in [6.45, 7) is 2.18. The summed E-state index contributed by atoms with van der Waals surface area (Å²) < 4.78 is 13.2. The summed E-state index contributed by atoms with van der Waals surface area (Å²) in [5.74, 6) is 1.05. The van der Waals surface area contributed by atoms with Gasteiger partial charge in [-0.2, -0.15) is 0 Å². The molecule has 4 nitrogen and oxygen atoms in total. The Morgan fingerprint density at radius 2 is 2.08 bits per heavy atom. The van der Waals surface area contributed by atoms with E-state index < -0.39 is 0 Å². The number of hydrogen-bond donors (Lipinski definition) is 2. The fourth-order valence-electron chi connectivity index (χ4n) is 2.30. The summed E-state index contributed by atoms with van der Waals surface area (Å²) in [4.78, 5) is 19.5. The number of H-pyrrole nitrogens is 1. The van der Waals surface area contributed by atoms with E-state index >= 15 is 0 Å². The fraction of sp³-hybridized carbons (Fsp3) is 0.222. The maximum Gasteiger partial charge on any atom is 0.233 e. The van der Waals surface area contributed by atoms with Gasteiger partial charge in [0.2, 0.25) is 5.91 Å². The molecular formula is C18H18FN3OS. The molecule has 0 aliphatic heterocycles. The molecule has 24 heavy (non-hydrogen) atoms. The average molecular weight is 343 g/mol. The van der Waals surface area contributed by atoms with Crippen molar-refractivity contribution in [1.82, 2.24) is 15.3 Å². The zero-order valence-electron chi connectivity index (χ0n) is 13.3. The van der Waals surface area contributed by atoms with E-state index in [0.717, 1.165) is 5.75 Å². The molecule has 1 aromatic heterocycles. The van der Waals surface area contributed by atoms with E-state index in [1.54, 1.807) is 17.8 Å². The minimum Gasteiger partial charge on any atom is -0.348 e. The van der Waals surface area contributed by atoms with Crippen molar-refractivity contribution in [3.63, 3.8) is 0 Å². The maximum absolute atomic E-state index is 13.2. The van der Waals surface area contributed by atoms with Crippen molar-refractivity contribution < 1.29 is 9.18 Å². The van der Waals surface area contributed by atoms with Crippen LogP contribution in [-0.4, -0.2) is 21.1 Å². The van der Waals surface area contributed by atoms with Gasteiger partial charge in [-0.3, -0.25) is 4.79 Å². The Labute approximate surface area is 143 Å². The number of halogens is 1. The molecule has 0 radical (unpaired) electrons. The summed E-state index contributed by atoms with van der Waals surface area (Å²) in [5.41, 5.74) is 2.51. The second kappa shape index (κ2) is 7.49. The monoisotopic (exact) mass is 343 g/mol. The number of hydrogen-bond acceptors (Lipinski definition) is 3. The van der Waals surface area contributed by atoms with Gasteiger partial charge in [0, 0.05) is 5.75 Å². The molecule has 3 aromatic rings. The second-order valence-electron chi connectivity index (χ2n) is 5.50. The highest BCUT2D eigenvalue weighted by Gasteiger charge is 2.14. The van der Waals surface area contributed by atoms with Crippen LogP contribution in [0.4, 0.5) is 4.39 Å². The average Bonchev–Trinajstić information content (AvgIpc) is 3.00. The highest BCUT2D eigenvalue weighted by Crippen LogP contribution is 2.18. The van der Waals surface area contributed by atoms with E-state index in [1.807, 2.05) is 37.3 Å². The lowest BCUT2D eigenvalue weighted by atomic mass is 10.2. The molecule has 6 heteroatoms. The van der Waals surface area contributed by atoms with Crippen LogP contribution in [0.15, 0.2) is 48.5 Å². The number of carbonyl (C=O) groups is 1.